The first-order valence-corrected chi connectivity index (χ1v) is 22.7. The fourth-order valence-electron chi connectivity index (χ4n) is 4.68. The predicted octanol–water partition coefficient (Wildman–Crippen LogP) is 3.54. The number of nitrogens with zero attached hydrogens (tertiary/aromatic N) is 3. The van der Waals surface area contributed by atoms with Crippen LogP contribution in [0.25, 0.3) is 0 Å². The van der Waals surface area contributed by atoms with E-state index in [0.717, 1.165) is 25.3 Å². The van der Waals surface area contributed by atoms with Gasteiger partial charge in [0.2, 0.25) is 38.2 Å². The molecule has 0 aliphatic heterocycles. The van der Waals surface area contributed by atoms with Crippen molar-refractivity contribution < 1.29 is 82.6 Å². The van der Waals surface area contributed by atoms with Crippen LogP contribution in [-0.4, -0.2) is 103 Å². The van der Waals surface area contributed by atoms with Gasteiger partial charge in [-0.3, -0.25) is 8.91 Å². The van der Waals surface area contributed by atoms with E-state index in [0.29, 0.717) is 0 Å². The third-order valence-electron chi connectivity index (χ3n) is 7.70. The van der Waals surface area contributed by atoms with Gasteiger partial charge < -0.3 is 44.4 Å². The van der Waals surface area contributed by atoms with E-state index in [2.05, 4.69) is 66.3 Å². The molecule has 0 fully saturated rings. The van der Waals surface area contributed by atoms with Crippen LogP contribution in [0.5, 0.6) is 0 Å². The minimum atomic E-state index is -2.14. The Bertz CT molecular complexity index is 2570. The lowest BCUT2D eigenvalue weighted by atomic mass is 10.1. The van der Waals surface area contributed by atoms with Crippen molar-refractivity contribution in [3.8, 4) is 0 Å². The summed E-state index contributed by atoms with van der Waals surface area (Å²) in [6, 6.07) is 11.4. The van der Waals surface area contributed by atoms with E-state index in [1.807, 2.05) is 0 Å². The summed E-state index contributed by atoms with van der Waals surface area (Å²) < 4.78 is 83.1. The Hall–Kier alpha value is -8.16. The van der Waals surface area contributed by atoms with Gasteiger partial charge in [-0.05, 0) is 54.6 Å². The summed E-state index contributed by atoms with van der Waals surface area (Å²) in [5.41, 5.74) is 4.56. The van der Waals surface area contributed by atoms with Gasteiger partial charge in [0.1, 0.15) is 0 Å². The number of hydrogen-bond acceptors (Lipinski definition) is 26. The van der Waals surface area contributed by atoms with Crippen LogP contribution >= 0.6 is 0 Å². The Labute approximate surface area is 398 Å². The molecule has 0 aliphatic carbocycles. The normalized spacial score (nSPS) is 11.7. The van der Waals surface area contributed by atoms with E-state index in [-0.39, 0.29) is 68.7 Å². The molecule has 1 heterocycles. The Morgan fingerprint density at radius 2 is 0.826 bits per heavy atom. The lowest BCUT2D eigenvalue weighted by Crippen LogP contribution is -2.14. The summed E-state index contributed by atoms with van der Waals surface area (Å²) in [6.45, 7) is 7.48. The van der Waals surface area contributed by atoms with E-state index in [1.54, 1.807) is 0 Å². The van der Waals surface area contributed by atoms with E-state index in [4.69, 9.17) is 41.2 Å². The average Bonchev–Trinajstić information content (AvgIpc) is 3.32. The molecule has 30 heteroatoms. The van der Waals surface area contributed by atoms with Crippen molar-refractivity contribution in [2.24, 2.45) is 0 Å². The number of nitrogens with one attached hydrogen (secondary N) is 6. The maximum Gasteiger partial charge on any atom is 0.341 e. The fraction of sp³-hybridized carbons (Fsp3) is 0.154. The molecule has 3 aromatic carbocycles. The molecule has 0 radical (unpaired) electrons. The Balaban J connectivity index is 1.87. The van der Waals surface area contributed by atoms with Gasteiger partial charge in [-0.1, -0.05) is 19.7 Å². The summed E-state index contributed by atoms with van der Waals surface area (Å²) in [4.78, 5) is 86.7. The molecule has 3 unspecified atom stereocenters. The molecule has 1 aromatic heterocycles. The molecule has 0 amide bonds. The summed E-state index contributed by atoms with van der Waals surface area (Å²) in [5.74, 6) is -6.56. The maximum absolute atomic E-state index is 13.0. The molecular weight excluding hydrogens is 979 g/mol. The van der Waals surface area contributed by atoms with Gasteiger partial charge >= 0.3 is 35.8 Å². The van der Waals surface area contributed by atoms with E-state index < -0.39 is 89.6 Å². The molecule has 0 spiro atoms. The fourth-order valence-corrected chi connectivity index (χ4v) is 5.54. The van der Waals surface area contributed by atoms with Gasteiger partial charge in [0.05, 0.1) is 57.9 Å². The maximum atomic E-state index is 13.0. The highest BCUT2D eigenvalue weighted by Crippen LogP contribution is 2.32. The summed E-state index contributed by atoms with van der Waals surface area (Å²) >= 11 is -5.88. The van der Waals surface area contributed by atoms with Crippen molar-refractivity contribution in [1.29, 1.82) is 0 Å². The monoisotopic (exact) mass is 1020 g/mol. The first kappa shape index (κ1) is 53.5. The van der Waals surface area contributed by atoms with Crippen LogP contribution in [0.4, 0.5) is 52.0 Å². The van der Waals surface area contributed by atoms with Crippen molar-refractivity contribution in [2.45, 2.75) is 0 Å². The number of benzene rings is 3. The highest BCUT2D eigenvalue weighted by Gasteiger charge is 2.20. The molecule has 0 aliphatic rings. The smallest absolute Gasteiger partial charge is 0.341 e. The third kappa shape index (κ3) is 17.5. The number of hydrogen-bond donors (Lipinski definition) is 6. The van der Waals surface area contributed by atoms with Crippen molar-refractivity contribution >= 4 is 121 Å². The number of esters is 6. The Morgan fingerprint density at radius 3 is 1.13 bits per heavy atom. The quantitative estimate of drug-likeness (QED) is 0.0163. The topological polar surface area (TPSA) is 348 Å². The van der Waals surface area contributed by atoms with Crippen molar-refractivity contribution in [2.75, 3.05) is 71.6 Å². The van der Waals surface area contributed by atoms with Crippen LogP contribution in [0.3, 0.4) is 0 Å². The van der Waals surface area contributed by atoms with E-state index in [9.17, 15) is 41.4 Å². The number of rotatable bonds is 27. The van der Waals surface area contributed by atoms with Gasteiger partial charge in [0.25, 0.3) is 11.3 Å². The highest BCUT2D eigenvalue weighted by atomic mass is 32.2. The van der Waals surface area contributed by atoms with Crippen LogP contribution in [0.15, 0.2) is 92.6 Å². The van der Waals surface area contributed by atoms with Gasteiger partial charge in [-0.25, -0.2) is 52.4 Å². The highest BCUT2D eigenvalue weighted by molar-refractivity contribution is 7.81. The predicted molar refractivity (Wildman–Crippen MR) is 245 cm³/mol. The van der Waals surface area contributed by atoms with Crippen LogP contribution < -0.4 is 31.6 Å². The van der Waals surface area contributed by atoms with Gasteiger partial charge in [0.15, 0.2) is 22.2 Å². The number of aromatic nitrogens is 3. The summed E-state index contributed by atoms with van der Waals surface area (Å²) in [5, 5.41) is 8.61. The van der Waals surface area contributed by atoms with Crippen molar-refractivity contribution in [1.82, 2.24) is 15.0 Å². The first-order chi connectivity index (χ1) is 33.0. The molecule has 6 N–H and O–H groups in total. The minimum Gasteiger partial charge on any atom is -0.425 e. The van der Waals surface area contributed by atoms with E-state index in [1.165, 1.54) is 67.1 Å². The summed E-state index contributed by atoms with van der Waals surface area (Å²) in [7, 11) is 1.14. The molecular formula is C39H39N9O18S3. The second-order valence-corrected chi connectivity index (χ2v) is 15.2. The lowest BCUT2D eigenvalue weighted by molar-refractivity contribution is -0.147. The zero-order chi connectivity index (χ0) is 50.5. The molecule has 4 aromatic rings. The number of carbonyl (C=O) groups is 6. The van der Waals surface area contributed by atoms with Crippen LogP contribution in [0.1, 0.15) is 31.1 Å². The molecule has 0 bridgehead atoms. The van der Waals surface area contributed by atoms with Gasteiger partial charge in [-0.2, -0.15) is 23.5 Å². The molecule has 27 nitrogen and oxygen atoms in total. The Morgan fingerprint density at radius 1 is 0.507 bits per heavy atom. The zero-order valence-corrected chi connectivity index (χ0v) is 38.5. The molecule has 366 valence electrons. The minimum absolute atomic E-state index is 0.0380. The zero-order valence-electron chi connectivity index (χ0n) is 36.1. The number of ether oxygens (including phenoxy) is 6. The largest absolute Gasteiger partial charge is 0.425 e. The average molecular weight is 1020 g/mol. The number of anilines is 9. The molecule has 4 rings (SSSR count). The van der Waals surface area contributed by atoms with Gasteiger partial charge in [0, 0.05) is 30.7 Å². The second kappa shape index (κ2) is 26.9. The molecule has 0 saturated carbocycles. The van der Waals surface area contributed by atoms with Crippen molar-refractivity contribution in [3.05, 3.63) is 109 Å². The first-order valence-electron chi connectivity index (χ1n) is 18.7. The summed E-state index contributed by atoms with van der Waals surface area (Å²) in [6.07, 6.45) is 5.01. The van der Waals surface area contributed by atoms with Crippen LogP contribution in [0, 0.1) is 0 Å². The van der Waals surface area contributed by atoms with Gasteiger partial charge in [-0.15, -0.1) is 0 Å². The second-order valence-electron chi connectivity index (χ2n) is 12.3. The van der Waals surface area contributed by atoms with Crippen LogP contribution in [-0.2, 0) is 89.0 Å². The van der Waals surface area contributed by atoms with E-state index >= 15 is 0 Å². The standard InChI is InChI=1S/C39H39N9O18S3/c1-7-31(49)59-19-62-34(52)22-10-13-25(46-65-67(5)55)28(16-22)40-37-43-38(41-29-17-23(11-14-26(29)47-66-68(6)56)35(53)63-20-60-32(50)8-2)45-39(44-37)42-30-18-24(12-15-27(30)48-69(57)58-4)36(54)64-21-61-33(51)9-3/h7-18,46-48H,1-3,19-21H2,4-6H3,(H3,40,41,42,43,44,45). The molecule has 3 atom stereocenters. The van der Waals surface area contributed by atoms with Crippen LogP contribution in [0.2, 0.25) is 0 Å². The Kier molecular flexibility index (Phi) is 20.8. The van der Waals surface area contributed by atoms with Crippen molar-refractivity contribution in [3.63, 3.8) is 0 Å². The third-order valence-corrected chi connectivity index (χ3v) is 9.02. The molecule has 69 heavy (non-hydrogen) atoms. The number of carbonyl (C=O) groups excluding carboxylic acids is 6. The SMILES string of the molecule is C=CC(=O)OCOC(=O)c1ccc(NOS(C)=O)c(Nc2nc(Nc3cc(C(=O)OCOC(=O)C=C)ccc3NOS(C)=O)nc(Nc3cc(C(=O)OCOC(=O)C=C)ccc3NS(=O)OC)n2)c1. The lowest BCUT2D eigenvalue weighted by Gasteiger charge is -2.17. The molecule has 0 saturated heterocycles.